The number of hydrogen-bond acceptors (Lipinski definition) is 2. The molecule has 106 valence electrons. The summed E-state index contributed by atoms with van der Waals surface area (Å²) in [5, 5.41) is 0. The Morgan fingerprint density at radius 3 is 2.85 bits per heavy atom. The standard InChI is InChI=1S/C16H21N3S/c1-10(2)7-18-9-13-11(3)5-6-14-15(13)19(8-12(18)4)16(20)17-14/h5-7,12H,8-9H2,1-4H3,(H,17,20)/t12-/m0/s1. The number of H-pyrrole nitrogens is 1. The van der Waals surface area contributed by atoms with Gasteiger partial charge < -0.3 is 14.5 Å². The van der Waals surface area contributed by atoms with E-state index in [9.17, 15) is 0 Å². The summed E-state index contributed by atoms with van der Waals surface area (Å²) in [6.45, 7) is 10.6. The minimum atomic E-state index is 0.433. The molecule has 0 unspecified atom stereocenters. The molecule has 3 nitrogen and oxygen atoms in total. The van der Waals surface area contributed by atoms with E-state index in [0.717, 1.165) is 23.4 Å². The fraction of sp³-hybridized carbons (Fsp3) is 0.438. The van der Waals surface area contributed by atoms with Crippen LogP contribution < -0.4 is 0 Å². The number of allylic oxidation sites excluding steroid dienone is 1. The lowest BCUT2D eigenvalue weighted by Crippen LogP contribution is -2.30. The van der Waals surface area contributed by atoms with E-state index in [2.05, 4.69) is 60.5 Å². The van der Waals surface area contributed by atoms with Crippen molar-refractivity contribution in [3.05, 3.63) is 39.8 Å². The third-order valence-corrected chi connectivity index (χ3v) is 4.37. The summed E-state index contributed by atoms with van der Waals surface area (Å²) in [5.41, 5.74) is 6.49. The average molecular weight is 287 g/mol. The van der Waals surface area contributed by atoms with Gasteiger partial charge in [-0.2, -0.15) is 0 Å². The number of aromatic nitrogens is 2. The van der Waals surface area contributed by atoms with Crippen LogP contribution in [0, 0.1) is 11.7 Å². The zero-order chi connectivity index (χ0) is 14.4. The summed E-state index contributed by atoms with van der Waals surface area (Å²) in [6, 6.07) is 4.76. The fourth-order valence-corrected chi connectivity index (χ4v) is 3.29. The van der Waals surface area contributed by atoms with Crippen molar-refractivity contribution < 1.29 is 0 Å². The van der Waals surface area contributed by atoms with Crippen molar-refractivity contribution in [2.75, 3.05) is 0 Å². The quantitative estimate of drug-likeness (QED) is 0.797. The predicted octanol–water partition coefficient (Wildman–Crippen LogP) is 4.14. The van der Waals surface area contributed by atoms with E-state index in [4.69, 9.17) is 12.2 Å². The van der Waals surface area contributed by atoms with E-state index in [1.165, 1.54) is 22.2 Å². The number of imidazole rings is 1. The summed E-state index contributed by atoms with van der Waals surface area (Å²) >= 11 is 5.50. The third-order valence-electron chi connectivity index (χ3n) is 4.05. The molecule has 0 fully saturated rings. The van der Waals surface area contributed by atoms with Crippen LogP contribution in [0.3, 0.4) is 0 Å². The van der Waals surface area contributed by atoms with Crippen LogP contribution in [-0.2, 0) is 13.1 Å². The number of rotatable bonds is 1. The SMILES string of the molecule is CC(C)=CN1Cc2c(C)ccc3[nH]c(=S)n(c23)C[C@@H]1C. The van der Waals surface area contributed by atoms with Crippen LogP contribution in [0.2, 0.25) is 0 Å². The molecule has 0 spiro atoms. The third kappa shape index (κ3) is 2.08. The van der Waals surface area contributed by atoms with Gasteiger partial charge in [0.05, 0.1) is 11.0 Å². The molecule has 1 atom stereocenters. The van der Waals surface area contributed by atoms with E-state index in [0.29, 0.717) is 6.04 Å². The first-order valence-corrected chi connectivity index (χ1v) is 7.50. The molecule has 1 aromatic carbocycles. The normalized spacial score (nSPS) is 18.2. The maximum absolute atomic E-state index is 5.50. The van der Waals surface area contributed by atoms with Crippen molar-refractivity contribution in [2.24, 2.45) is 0 Å². The van der Waals surface area contributed by atoms with Crippen LogP contribution in [0.1, 0.15) is 31.9 Å². The predicted molar refractivity (Wildman–Crippen MR) is 86.3 cm³/mol. The zero-order valence-corrected chi connectivity index (χ0v) is 13.3. The highest BCUT2D eigenvalue weighted by atomic mass is 32.1. The van der Waals surface area contributed by atoms with Crippen molar-refractivity contribution in [3.63, 3.8) is 0 Å². The molecule has 0 radical (unpaired) electrons. The topological polar surface area (TPSA) is 24.0 Å². The molecular weight excluding hydrogens is 266 g/mol. The molecule has 0 saturated heterocycles. The van der Waals surface area contributed by atoms with Gasteiger partial charge in [-0.25, -0.2) is 0 Å². The summed E-state index contributed by atoms with van der Waals surface area (Å²) in [4.78, 5) is 5.76. The number of hydrogen-bond donors (Lipinski definition) is 1. The Kier molecular flexibility index (Phi) is 3.21. The van der Waals surface area contributed by atoms with Gasteiger partial charge >= 0.3 is 0 Å². The Bertz CT molecular complexity index is 747. The molecule has 1 aliphatic rings. The molecule has 0 saturated carbocycles. The van der Waals surface area contributed by atoms with E-state index < -0.39 is 0 Å². The minimum Gasteiger partial charge on any atom is -0.369 e. The van der Waals surface area contributed by atoms with Crippen molar-refractivity contribution >= 4 is 23.3 Å². The number of nitrogens with one attached hydrogen (secondary N) is 1. The van der Waals surface area contributed by atoms with Crippen LogP contribution in [0.4, 0.5) is 0 Å². The minimum absolute atomic E-state index is 0.433. The highest BCUT2D eigenvalue weighted by Gasteiger charge is 2.22. The molecule has 4 heteroatoms. The molecule has 1 N–H and O–H groups in total. The summed E-state index contributed by atoms with van der Waals surface area (Å²) < 4.78 is 3.09. The maximum atomic E-state index is 5.50. The monoisotopic (exact) mass is 287 g/mol. The van der Waals surface area contributed by atoms with Crippen molar-refractivity contribution in [3.8, 4) is 0 Å². The molecule has 1 aliphatic heterocycles. The van der Waals surface area contributed by atoms with Crippen LogP contribution in [0.25, 0.3) is 11.0 Å². The number of aromatic amines is 1. The Morgan fingerprint density at radius 2 is 2.15 bits per heavy atom. The number of nitrogens with zero attached hydrogens (tertiary/aromatic N) is 2. The molecule has 0 bridgehead atoms. The van der Waals surface area contributed by atoms with Gasteiger partial charge in [0.1, 0.15) is 0 Å². The molecular formula is C16H21N3S. The fourth-order valence-electron chi connectivity index (χ4n) is 3.02. The number of aryl methyl sites for hydroxylation is 1. The van der Waals surface area contributed by atoms with Crippen molar-refractivity contribution in [1.82, 2.24) is 14.5 Å². The largest absolute Gasteiger partial charge is 0.369 e. The summed E-state index contributed by atoms with van der Waals surface area (Å²) in [5.74, 6) is 0. The highest BCUT2D eigenvalue weighted by Crippen LogP contribution is 2.28. The number of benzene rings is 1. The van der Waals surface area contributed by atoms with E-state index in [1.54, 1.807) is 0 Å². The molecule has 0 amide bonds. The van der Waals surface area contributed by atoms with Gasteiger partial charge in [0.2, 0.25) is 0 Å². The van der Waals surface area contributed by atoms with Crippen molar-refractivity contribution in [1.29, 1.82) is 0 Å². The van der Waals surface area contributed by atoms with E-state index in [-0.39, 0.29) is 0 Å². The van der Waals surface area contributed by atoms with Gasteiger partial charge in [0, 0.05) is 24.7 Å². The van der Waals surface area contributed by atoms with Gasteiger partial charge in [-0.05, 0) is 57.7 Å². The van der Waals surface area contributed by atoms with Crippen LogP contribution in [0.5, 0.6) is 0 Å². The first kappa shape index (κ1) is 13.4. The second kappa shape index (κ2) is 4.77. The maximum Gasteiger partial charge on any atom is 0.178 e. The first-order valence-electron chi connectivity index (χ1n) is 7.09. The van der Waals surface area contributed by atoms with Crippen LogP contribution in [-0.4, -0.2) is 20.5 Å². The van der Waals surface area contributed by atoms with Crippen LogP contribution >= 0.6 is 12.2 Å². The highest BCUT2D eigenvalue weighted by molar-refractivity contribution is 7.71. The lowest BCUT2D eigenvalue weighted by molar-refractivity contribution is 0.267. The zero-order valence-electron chi connectivity index (χ0n) is 12.5. The van der Waals surface area contributed by atoms with Gasteiger partial charge in [0.15, 0.2) is 4.77 Å². The average Bonchev–Trinajstić information content (AvgIpc) is 2.59. The van der Waals surface area contributed by atoms with Gasteiger partial charge in [0.25, 0.3) is 0 Å². The first-order chi connectivity index (χ1) is 9.47. The molecule has 2 aromatic rings. The lowest BCUT2D eigenvalue weighted by atomic mass is 10.1. The van der Waals surface area contributed by atoms with Gasteiger partial charge in [-0.3, -0.25) is 0 Å². The summed E-state index contributed by atoms with van der Waals surface area (Å²) in [6.07, 6.45) is 2.27. The van der Waals surface area contributed by atoms with E-state index in [1.807, 2.05) is 0 Å². The molecule has 2 heterocycles. The Balaban J connectivity index is 2.25. The Labute approximate surface area is 124 Å². The second-order valence-electron chi connectivity index (χ2n) is 6.03. The molecule has 3 rings (SSSR count). The molecule has 1 aromatic heterocycles. The van der Waals surface area contributed by atoms with E-state index >= 15 is 0 Å². The molecule has 0 aliphatic carbocycles. The Hall–Kier alpha value is -1.55. The molecule has 20 heavy (non-hydrogen) atoms. The van der Waals surface area contributed by atoms with Gasteiger partial charge in [-0.1, -0.05) is 11.6 Å². The lowest BCUT2D eigenvalue weighted by Gasteiger charge is -2.26. The Morgan fingerprint density at radius 1 is 1.40 bits per heavy atom. The second-order valence-corrected chi connectivity index (χ2v) is 6.41. The smallest absolute Gasteiger partial charge is 0.178 e. The van der Waals surface area contributed by atoms with Gasteiger partial charge in [-0.15, -0.1) is 0 Å². The van der Waals surface area contributed by atoms with Crippen LogP contribution in [0.15, 0.2) is 23.9 Å². The van der Waals surface area contributed by atoms with Crippen molar-refractivity contribution in [2.45, 2.75) is 46.8 Å². The summed E-state index contributed by atoms with van der Waals surface area (Å²) in [7, 11) is 0.